The lowest BCUT2D eigenvalue weighted by Gasteiger charge is -2.29. The van der Waals surface area contributed by atoms with E-state index in [1.807, 2.05) is 0 Å². The third kappa shape index (κ3) is 3.45. The number of carbonyl (C=O) groups is 1. The largest absolute Gasteiger partial charge is 0.353 e. The smallest absolute Gasteiger partial charge is 0.332 e. The van der Waals surface area contributed by atoms with Crippen LogP contribution in [0.3, 0.4) is 0 Å². The molecule has 142 valence electrons. The van der Waals surface area contributed by atoms with Crippen molar-refractivity contribution in [2.75, 3.05) is 0 Å². The van der Waals surface area contributed by atoms with Gasteiger partial charge in [-0.2, -0.15) is 0 Å². The van der Waals surface area contributed by atoms with Gasteiger partial charge < -0.3 is 9.88 Å². The third-order valence-electron chi connectivity index (χ3n) is 5.48. The van der Waals surface area contributed by atoms with Crippen LogP contribution in [0.15, 0.2) is 15.9 Å². The molecule has 0 aromatic carbocycles. The minimum Gasteiger partial charge on any atom is -0.353 e. The number of hydrogen-bond acceptors (Lipinski definition) is 4. The molecule has 3 rings (SSSR count). The molecule has 2 atom stereocenters. The fraction of sp³-hybridized carbons (Fsp3) is 0.667. The van der Waals surface area contributed by atoms with E-state index >= 15 is 0 Å². The molecule has 26 heavy (non-hydrogen) atoms. The molecular formula is C18H27N5O3. The van der Waals surface area contributed by atoms with Gasteiger partial charge >= 0.3 is 5.69 Å². The summed E-state index contributed by atoms with van der Waals surface area (Å²) in [5.74, 6) is 0.600. The molecule has 1 N–H and O–H groups in total. The molecule has 2 heterocycles. The first-order chi connectivity index (χ1) is 12.4. The Labute approximate surface area is 151 Å². The molecule has 8 nitrogen and oxygen atoms in total. The summed E-state index contributed by atoms with van der Waals surface area (Å²) in [4.78, 5) is 40.8. The second-order valence-corrected chi connectivity index (χ2v) is 7.36. The Hall–Kier alpha value is -2.38. The number of carbonyl (C=O) groups excluding carboxylic acids is 1. The van der Waals surface area contributed by atoms with Gasteiger partial charge in [-0.15, -0.1) is 0 Å². The molecule has 0 spiro atoms. The summed E-state index contributed by atoms with van der Waals surface area (Å²) in [6.45, 7) is 2.71. The topological polar surface area (TPSA) is 90.9 Å². The van der Waals surface area contributed by atoms with Gasteiger partial charge in [-0.1, -0.05) is 19.8 Å². The highest BCUT2D eigenvalue weighted by molar-refractivity contribution is 5.76. The molecule has 1 aliphatic rings. The normalized spacial score (nSPS) is 20.4. The van der Waals surface area contributed by atoms with Crippen molar-refractivity contribution < 1.29 is 4.79 Å². The Morgan fingerprint density at radius 2 is 1.96 bits per heavy atom. The second kappa shape index (κ2) is 7.47. The fourth-order valence-electron chi connectivity index (χ4n) is 3.79. The number of imidazole rings is 1. The Kier molecular flexibility index (Phi) is 5.29. The van der Waals surface area contributed by atoms with E-state index in [9.17, 15) is 14.4 Å². The summed E-state index contributed by atoms with van der Waals surface area (Å²) >= 11 is 0. The molecule has 1 fully saturated rings. The molecule has 0 saturated heterocycles. The van der Waals surface area contributed by atoms with E-state index in [0.29, 0.717) is 36.5 Å². The van der Waals surface area contributed by atoms with E-state index in [4.69, 9.17) is 0 Å². The summed E-state index contributed by atoms with van der Waals surface area (Å²) < 4.78 is 4.18. The van der Waals surface area contributed by atoms with Crippen LogP contribution in [0.1, 0.15) is 45.4 Å². The van der Waals surface area contributed by atoms with Crippen molar-refractivity contribution in [1.29, 1.82) is 0 Å². The predicted molar refractivity (Wildman–Crippen MR) is 99.0 cm³/mol. The molecule has 2 aromatic heterocycles. The SMILES string of the molecule is C[C@@H]1CCCC[C@H]1NC(=O)CCCn1cnc2c1c(=O)n(C)c(=O)n2C. The fourth-order valence-corrected chi connectivity index (χ4v) is 3.79. The Morgan fingerprint density at radius 1 is 1.23 bits per heavy atom. The van der Waals surface area contributed by atoms with Gasteiger partial charge in [0.15, 0.2) is 11.2 Å². The van der Waals surface area contributed by atoms with Gasteiger partial charge in [0, 0.05) is 33.1 Å². The average Bonchev–Trinajstić information content (AvgIpc) is 3.04. The van der Waals surface area contributed by atoms with Crippen LogP contribution in [-0.4, -0.2) is 30.6 Å². The molecule has 0 radical (unpaired) electrons. The molecule has 1 saturated carbocycles. The zero-order chi connectivity index (χ0) is 18.8. The van der Waals surface area contributed by atoms with Gasteiger partial charge in [0.2, 0.25) is 5.91 Å². The number of aryl methyl sites for hydroxylation is 2. The van der Waals surface area contributed by atoms with Crippen LogP contribution in [0, 0.1) is 5.92 Å². The van der Waals surface area contributed by atoms with Crippen molar-refractivity contribution in [3.63, 3.8) is 0 Å². The predicted octanol–water partition coefficient (Wildman–Crippen LogP) is 0.909. The van der Waals surface area contributed by atoms with Crippen LogP contribution in [-0.2, 0) is 25.4 Å². The molecule has 2 aromatic rings. The highest BCUT2D eigenvalue weighted by atomic mass is 16.2. The molecule has 0 unspecified atom stereocenters. The van der Waals surface area contributed by atoms with Gasteiger partial charge in [-0.3, -0.25) is 18.7 Å². The maximum atomic E-state index is 12.4. The summed E-state index contributed by atoms with van der Waals surface area (Å²) in [6, 6.07) is 0.284. The molecular weight excluding hydrogens is 334 g/mol. The lowest BCUT2D eigenvalue weighted by molar-refractivity contribution is -0.122. The van der Waals surface area contributed by atoms with E-state index in [2.05, 4.69) is 17.2 Å². The number of nitrogens with zero attached hydrogens (tertiary/aromatic N) is 4. The van der Waals surface area contributed by atoms with Crippen LogP contribution in [0.4, 0.5) is 0 Å². The van der Waals surface area contributed by atoms with Crippen molar-refractivity contribution in [1.82, 2.24) is 24.0 Å². The first kappa shape index (κ1) is 18.4. The summed E-state index contributed by atoms with van der Waals surface area (Å²) in [6.07, 6.45) is 7.25. The molecule has 1 aliphatic carbocycles. The van der Waals surface area contributed by atoms with E-state index in [1.54, 1.807) is 17.9 Å². The zero-order valence-electron chi connectivity index (χ0n) is 15.7. The minimum absolute atomic E-state index is 0.0634. The van der Waals surface area contributed by atoms with Gasteiger partial charge in [0.05, 0.1) is 6.33 Å². The quantitative estimate of drug-likeness (QED) is 0.857. The second-order valence-electron chi connectivity index (χ2n) is 7.36. The number of amides is 1. The van der Waals surface area contributed by atoms with E-state index < -0.39 is 5.69 Å². The number of fused-ring (bicyclic) bond motifs is 1. The van der Waals surface area contributed by atoms with Crippen LogP contribution >= 0.6 is 0 Å². The van der Waals surface area contributed by atoms with Crippen LogP contribution in [0.25, 0.3) is 11.2 Å². The van der Waals surface area contributed by atoms with Gasteiger partial charge in [-0.25, -0.2) is 9.78 Å². The van der Waals surface area contributed by atoms with Crippen molar-refractivity contribution >= 4 is 17.1 Å². The first-order valence-corrected chi connectivity index (χ1v) is 9.30. The first-order valence-electron chi connectivity index (χ1n) is 9.30. The summed E-state index contributed by atoms with van der Waals surface area (Å²) in [7, 11) is 3.06. The monoisotopic (exact) mass is 361 g/mol. The van der Waals surface area contributed by atoms with Crippen molar-refractivity contribution in [3.05, 3.63) is 27.2 Å². The average molecular weight is 361 g/mol. The highest BCUT2D eigenvalue weighted by Gasteiger charge is 2.22. The summed E-state index contributed by atoms with van der Waals surface area (Å²) in [5.41, 5.74) is 0.0179. The molecule has 0 bridgehead atoms. The lowest BCUT2D eigenvalue weighted by atomic mass is 9.86. The van der Waals surface area contributed by atoms with E-state index in [-0.39, 0.29) is 17.5 Å². The van der Waals surface area contributed by atoms with Gasteiger partial charge in [0.1, 0.15) is 0 Å². The number of nitrogens with one attached hydrogen (secondary N) is 1. The third-order valence-corrected chi connectivity index (χ3v) is 5.48. The maximum Gasteiger partial charge on any atom is 0.332 e. The van der Waals surface area contributed by atoms with Gasteiger partial charge in [0.25, 0.3) is 5.56 Å². The molecule has 0 aliphatic heterocycles. The van der Waals surface area contributed by atoms with Crippen LogP contribution in [0.2, 0.25) is 0 Å². The van der Waals surface area contributed by atoms with Crippen molar-refractivity contribution in [2.24, 2.45) is 20.0 Å². The standard InChI is InChI=1S/C18H27N5O3/c1-12-7-4-5-8-13(12)20-14(24)9-6-10-23-11-19-16-15(23)17(25)22(3)18(26)21(16)2/h11-13H,4-10H2,1-3H3,(H,20,24)/t12-,13-/m1/s1. The number of rotatable bonds is 5. The van der Waals surface area contributed by atoms with Crippen molar-refractivity contribution in [2.45, 2.75) is 58.0 Å². The minimum atomic E-state index is -0.395. The zero-order valence-corrected chi connectivity index (χ0v) is 15.7. The van der Waals surface area contributed by atoms with Gasteiger partial charge in [-0.05, 0) is 25.2 Å². The Balaban J connectivity index is 1.64. The molecule has 8 heteroatoms. The summed E-state index contributed by atoms with van der Waals surface area (Å²) in [5, 5.41) is 3.15. The van der Waals surface area contributed by atoms with Crippen LogP contribution in [0.5, 0.6) is 0 Å². The lowest BCUT2D eigenvalue weighted by Crippen LogP contribution is -2.41. The van der Waals surface area contributed by atoms with Crippen molar-refractivity contribution in [3.8, 4) is 0 Å². The highest BCUT2D eigenvalue weighted by Crippen LogP contribution is 2.23. The van der Waals surface area contributed by atoms with Crippen LogP contribution < -0.4 is 16.6 Å². The maximum absolute atomic E-state index is 12.4. The number of hydrogen-bond donors (Lipinski definition) is 1. The van der Waals surface area contributed by atoms with E-state index in [0.717, 1.165) is 11.0 Å². The Morgan fingerprint density at radius 3 is 2.69 bits per heavy atom. The molecule has 1 amide bonds. The Bertz CT molecular complexity index is 923. The van der Waals surface area contributed by atoms with E-state index in [1.165, 1.54) is 30.9 Å². The number of aromatic nitrogens is 4.